The van der Waals surface area contributed by atoms with Crippen molar-refractivity contribution in [2.24, 2.45) is 4.99 Å². The molecule has 4 nitrogen and oxygen atoms in total. The minimum Gasteiger partial charge on any atom is -0.502 e. The average Bonchev–Trinajstić information content (AvgIpc) is 2.61. The molecule has 0 saturated carbocycles. The van der Waals surface area contributed by atoms with E-state index in [-0.39, 0.29) is 5.70 Å². The zero-order valence-electron chi connectivity index (χ0n) is 8.84. The summed E-state index contributed by atoms with van der Waals surface area (Å²) in [5.74, 6) is -0.0627. The van der Waals surface area contributed by atoms with Gasteiger partial charge in [-0.15, -0.1) is 0 Å². The van der Waals surface area contributed by atoms with Crippen LogP contribution in [0.15, 0.2) is 47.3 Å². The van der Waals surface area contributed by atoms with E-state index in [1.807, 2.05) is 30.3 Å². The third kappa shape index (κ3) is 2.28. The highest BCUT2D eigenvalue weighted by molar-refractivity contribution is 6.04. The van der Waals surface area contributed by atoms with Crippen molar-refractivity contribution in [2.45, 2.75) is 6.42 Å². The van der Waals surface area contributed by atoms with Crippen LogP contribution in [0.4, 0.5) is 0 Å². The quantitative estimate of drug-likeness (QED) is 0.439. The number of esters is 1. The van der Waals surface area contributed by atoms with Gasteiger partial charge in [0, 0.05) is 6.42 Å². The normalized spacial score (nSPS) is 17.2. The summed E-state index contributed by atoms with van der Waals surface area (Å²) in [6.07, 6.45) is 1.79. The monoisotopic (exact) mass is 217 g/mol. The van der Waals surface area contributed by atoms with Crippen molar-refractivity contribution >= 4 is 11.9 Å². The zero-order chi connectivity index (χ0) is 11.4. The number of benzene rings is 1. The van der Waals surface area contributed by atoms with Crippen molar-refractivity contribution in [3.05, 3.63) is 47.9 Å². The molecule has 1 aromatic carbocycles. The number of hydrogen-bond acceptors (Lipinski definition) is 4. The van der Waals surface area contributed by atoms with E-state index in [1.165, 1.54) is 13.4 Å². The smallest absolute Gasteiger partial charge is 0.366 e. The van der Waals surface area contributed by atoms with E-state index in [4.69, 9.17) is 9.47 Å². The van der Waals surface area contributed by atoms with Gasteiger partial charge in [-0.2, -0.15) is 0 Å². The lowest BCUT2D eigenvalue weighted by molar-refractivity contribution is -0.130. The minimum absolute atomic E-state index is 0.202. The molecule has 82 valence electrons. The Bertz CT molecular complexity index is 449. The first kappa shape index (κ1) is 10.4. The number of methoxy groups -OCH3 is 1. The van der Waals surface area contributed by atoms with E-state index in [9.17, 15) is 4.79 Å². The maximum absolute atomic E-state index is 11.3. The largest absolute Gasteiger partial charge is 0.502 e. The number of rotatable bonds is 3. The number of cyclic esters (lactones) is 1. The first-order valence-electron chi connectivity index (χ1n) is 4.86. The topological polar surface area (TPSA) is 47.9 Å². The van der Waals surface area contributed by atoms with Gasteiger partial charge in [-0.1, -0.05) is 30.3 Å². The first-order chi connectivity index (χ1) is 7.79. The predicted molar refractivity (Wildman–Crippen MR) is 58.8 cm³/mol. The summed E-state index contributed by atoms with van der Waals surface area (Å²) in [5.41, 5.74) is 1.25. The van der Waals surface area contributed by atoms with Crippen molar-refractivity contribution in [3.63, 3.8) is 0 Å². The van der Waals surface area contributed by atoms with Crippen LogP contribution in [-0.2, 0) is 20.7 Å². The van der Waals surface area contributed by atoms with E-state index >= 15 is 0 Å². The maximum Gasteiger partial charge on any atom is 0.366 e. The number of aliphatic imine (C=N–C) groups is 1. The molecule has 0 atom stereocenters. The second kappa shape index (κ2) is 4.61. The molecular formula is C12H11NO3. The molecule has 4 heteroatoms. The van der Waals surface area contributed by atoms with Crippen LogP contribution in [0.2, 0.25) is 0 Å². The third-order valence-electron chi connectivity index (χ3n) is 2.09. The van der Waals surface area contributed by atoms with Crippen LogP contribution in [0, 0.1) is 0 Å². The van der Waals surface area contributed by atoms with E-state index in [0.29, 0.717) is 12.3 Å². The summed E-state index contributed by atoms with van der Waals surface area (Å²) in [5, 5.41) is 0. The predicted octanol–water partition coefficient (Wildman–Crippen LogP) is 1.67. The van der Waals surface area contributed by atoms with Gasteiger partial charge in [-0.05, 0) is 5.56 Å². The van der Waals surface area contributed by atoms with Gasteiger partial charge in [0.15, 0.2) is 5.70 Å². The Morgan fingerprint density at radius 3 is 2.81 bits per heavy atom. The lowest BCUT2D eigenvalue weighted by Gasteiger charge is -1.98. The summed E-state index contributed by atoms with van der Waals surface area (Å²) >= 11 is 0. The van der Waals surface area contributed by atoms with Gasteiger partial charge in [0.25, 0.3) is 0 Å². The molecular weight excluding hydrogens is 206 g/mol. The van der Waals surface area contributed by atoms with Crippen LogP contribution >= 0.6 is 0 Å². The van der Waals surface area contributed by atoms with Gasteiger partial charge >= 0.3 is 5.97 Å². The second-order valence-corrected chi connectivity index (χ2v) is 3.30. The van der Waals surface area contributed by atoms with Crippen molar-refractivity contribution in [3.8, 4) is 0 Å². The van der Waals surface area contributed by atoms with Crippen LogP contribution in [0.3, 0.4) is 0 Å². The Balaban J connectivity index is 2.11. The average molecular weight is 217 g/mol. The Hall–Kier alpha value is -2.10. The fraction of sp³-hybridized carbons (Fsp3) is 0.167. The number of nitrogens with zero attached hydrogens (tertiary/aromatic N) is 1. The van der Waals surface area contributed by atoms with Crippen molar-refractivity contribution in [1.29, 1.82) is 0 Å². The van der Waals surface area contributed by atoms with Gasteiger partial charge < -0.3 is 9.47 Å². The standard InChI is InChI=1S/C12H11NO3/c1-15-8-10-12(14)16-11(13-10)7-9-5-3-2-4-6-9/h2-6,8H,7H2,1H3/b10-8-. The number of carbonyl (C=O) groups excluding carboxylic acids is 1. The molecule has 0 spiro atoms. The molecule has 0 unspecified atom stereocenters. The lowest BCUT2D eigenvalue weighted by atomic mass is 10.1. The molecule has 1 aliphatic rings. The SMILES string of the molecule is CO/C=C1\N=C(Cc2ccccc2)OC1=O. The van der Waals surface area contributed by atoms with E-state index in [0.717, 1.165) is 5.56 Å². The maximum atomic E-state index is 11.3. The van der Waals surface area contributed by atoms with Crippen LogP contribution in [0.1, 0.15) is 5.56 Å². The zero-order valence-corrected chi connectivity index (χ0v) is 8.84. The van der Waals surface area contributed by atoms with Gasteiger partial charge in [0.05, 0.1) is 7.11 Å². The highest BCUT2D eigenvalue weighted by Crippen LogP contribution is 2.13. The van der Waals surface area contributed by atoms with Crippen LogP contribution in [0.25, 0.3) is 0 Å². The van der Waals surface area contributed by atoms with Gasteiger partial charge in [0.2, 0.25) is 5.90 Å². The first-order valence-corrected chi connectivity index (χ1v) is 4.86. The molecule has 16 heavy (non-hydrogen) atoms. The molecule has 0 aromatic heterocycles. The number of hydrogen-bond donors (Lipinski definition) is 0. The van der Waals surface area contributed by atoms with Gasteiger partial charge in [-0.25, -0.2) is 9.79 Å². The molecule has 0 amide bonds. The highest BCUT2D eigenvalue weighted by atomic mass is 16.6. The molecule has 1 aromatic rings. The van der Waals surface area contributed by atoms with Crippen LogP contribution in [0.5, 0.6) is 0 Å². The van der Waals surface area contributed by atoms with Crippen molar-refractivity contribution in [1.82, 2.24) is 0 Å². The molecule has 0 N–H and O–H groups in total. The molecule has 2 rings (SSSR count). The Morgan fingerprint density at radius 2 is 2.12 bits per heavy atom. The lowest BCUT2D eigenvalue weighted by Crippen LogP contribution is -2.06. The molecule has 0 radical (unpaired) electrons. The van der Waals surface area contributed by atoms with Crippen molar-refractivity contribution < 1.29 is 14.3 Å². The Kier molecular flexibility index (Phi) is 3.00. The van der Waals surface area contributed by atoms with E-state index in [2.05, 4.69) is 4.99 Å². The molecule has 1 aliphatic heterocycles. The summed E-state index contributed by atoms with van der Waals surface area (Å²) in [6, 6.07) is 9.70. The fourth-order valence-corrected chi connectivity index (χ4v) is 1.39. The molecule has 1 heterocycles. The summed E-state index contributed by atoms with van der Waals surface area (Å²) in [4.78, 5) is 15.3. The number of carbonyl (C=O) groups is 1. The Morgan fingerprint density at radius 1 is 1.38 bits per heavy atom. The minimum atomic E-state index is -0.465. The summed E-state index contributed by atoms with van der Waals surface area (Å²) < 4.78 is 9.72. The van der Waals surface area contributed by atoms with Crippen molar-refractivity contribution in [2.75, 3.05) is 7.11 Å². The fourth-order valence-electron chi connectivity index (χ4n) is 1.39. The van der Waals surface area contributed by atoms with Gasteiger partial charge in [-0.3, -0.25) is 0 Å². The number of ether oxygens (including phenoxy) is 2. The highest BCUT2D eigenvalue weighted by Gasteiger charge is 2.23. The van der Waals surface area contributed by atoms with Gasteiger partial charge in [0.1, 0.15) is 6.26 Å². The van der Waals surface area contributed by atoms with Crippen LogP contribution in [-0.4, -0.2) is 19.0 Å². The summed E-state index contributed by atoms with van der Waals surface area (Å²) in [6.45, 7) is 0. The third-order valence-corrected chi connectivity index (χ3v) is 2.09. The van der Waals surface area contributed by atoms with E-state index in [1.54, 1.807) is 0 Å². The summed E-state index contributed by atoms with van der Waals surface area (Å²) in [7, 11) is 1.46. The van der Waals surface area contributed by atoms with E-state index < -0.39 is 5.97 Å². The molecule has 0 saturated heterocycles. The molecule has 0 bridgehead atoms. The van der Waals surface area contributed by atoms with Crippen LogP contribution < -0.4 is 0 Å². The Labute approximate surface area is 93.2 Å². The second-order valence-electron chi connectivity index (χ2n) is 3.30. The molecule has 0 fully saturated rings. The molecule has 0 aliphatic carbocycles.